The largest absolute Gasteiger partial charge is 0.396 e. The van der Waals surface area contributed by atoms with E-state index in [9.17, 15) is 4.79 Å². The van der Waals surface area contributed by atoms with Crippen LogP contribution in [0.15, 0.2) is 18.2 Å². The maximum absolute atomic E-state index is 12.1. The van der Waals surface area contributed by atoms with Crippen molar-refractivity contribution in [2.75, 3.05) is 6.61 Å². The van der Waals surface area contributed by atoms with Gasteiger partial charge in [-0.05, 0) is 62.3 Å². The Balaban J connectivity index is 1.92. The highest BCUT2D eigenvalue weighted by molar-refractivity contribution is 6.31. The molecule has 0 radical (unpaired) electrons. The molecule has 0 unspecified atom stereocenters. The van der Waals surface area contributed by atoms with Crippen LogP contribution in [0, 0.1) is 12.8 Å². The number of carbonyl (C=O) groups excluding carboxylic acids is 1. The number of aryl methyl sites for hydroxylation is 1. The molecule has 1 aromatic rings. The van der Waals surface area contributed by atoms with Gasteiger partial charge in [-0.15, -0.1) is 0 Å². The smallest absolute Gasteiger partial charge is 0.251 e. The highest BCUT2D eigenvalue weighted by Crippen LogP contribution is 2.24. The maximum Gasteiger partial charge on any atom is 0.251 e. The lowest BCUT2D eigenvalue weighted by molar-refractivity contribution is 0.0914. The first-order valence-corrected chi connectivity index (χ1v) is 7.16. The number of amides is 1. The Hall–Kier alpha value is -1.06. The molecule has 1 saturated carbocycles. The molecule has 0 atom stereocenters. The molecular formula is C15H20ClNO2. The van der Waals surface area contributed by atoms with Gasteiger partial charge in [-0.25, -0.2) is 0 Å². The Morgan fingerprint density at radius 3 is 2.63 bits per heavy atom. The summed E-state index contributed by atoms with van der Waals surface area (Å²) in [7, 11) is 0. The zero-order chi connectivity index (χ0) is 13.8. The number of carbonyl (C=O) groups is 1. The Morgan fingerprint density at radius 2 is 2.05 bits per heavy atom. The van der Waals surface area contributed by atoms with E-state index in [1.165, 1.54) is 0 Å². The molecule has 104 valence electrons. The van der Waals surface area contributed by atoms with E-state index < -0.39 is 0 Å². The number of nitrogens with one attached hydrogen (secondary N) is 1. The molecule has 0 heterocycles. The van der Waals surface area contributed by atoms with Crippen LogP contribution < -0.4 is 5.32 Å². The minimum Gasteiger partial charge on any atom is -0.396 e. The second kappa shape index (κ2) is 6.40. The molecule has 2 rings (SSSR count). The average molecular weight is 282 g/mol. The van der Waals surface area contributed by atoms with Crippen LogP contribution in [0.4, 0.5) is 0 Å². The Labute approximate surface area is 119 Å². The molecule has 0 spiro atoms. The average Bonchev–Trinajstić information content (AvgIpc) is 2.42. The van der Waals surface area contributed by atoms with Crippen LogP contribution in [-0.2, 0) is 0 Å². The molecule has 2 N–H and O–H groups in total. The molecule has 3 nitrogen and oxygen atoms in total. The lowest BCUT2D eigenvalue weighted by atomic mass is 9.86. The normalized spacial score (nSPS) is 23.1. The molecule has 1 amide bonds. The molecule has 1 aromatic carbocycles. The molecule has 0 bridgehead atoms. The highest BCUT2D eigenvalue weighted by Gasteiger charge is 2.22. The van der Waals surface area contributed by atoms with Crippen LogP contribution in [-0.4, -0.2) is 23.7 Å². The second-order valence-electron chi connectivity index (χ2n) is 5.34. The fraction of sp³-hybridized carbons (Fsp3) is 0.533. The van der Waals surface area contributed by atoms with Crippen molar-refractivity contribution >= 4 is 17.5 Å². The van der Waals surface area contributed by atoms with Crippen molar-refractivity contribution in [3.05, 3.63) is 34.3 Å². The summed E-state index contributed by atoms with van der Waals surface area (Å²) >= 11 is 5.95. The molecule has 1 aliphatic carbocycles. The fourth-order valence-corrected chi connectivity index (χ4v) is 2.66. The van der Waals surface area contributed by atoms with Crippen LogP contribution in [0.25, 0.3) is 0 Å². The first-order valence-electron chi connectivity index (χ1n) is 6.78. The van der Waals surface area contributed by atoms with E-state index in [-0.39, 0.29) is 18.6 Å². The summed E-state index contributed by atoms with van der Waals surface area (Å²) in [6.07, 6.45) is 3.87. The quantitative estimate of drug-likeness (QED) is 0.895. The number of rotatable bonds is 3. The Kier molecular flexibility index (Phi) is 4.83. The van der Waals surface area contributed by atoms with E-state index in [0.717, 1.165) is 31.2 Å². The van der Waals surface area contributed by atoms with E-state index in [0.29, 0.717) is 16.5 Å². The van der Waals surface area contributed by atoms with Gasteiger partial charge in [0.05, 0.1) is 0 Å². The van der Waals surface area contributed by atoms with Crippen LogP contribution in [0.5, 0.6) is 0 Å². The number of halogens is 1. The first kappa shape index (κ1) is 14.4. The van der Waals surface area contributed by atoms with Gasteiger partial charge in [-0.1, -0.05) is 11.6 Å². The first-order chi connectivity index (χ1) is 9.10. The van der Waals surface area contributed by atoms with Crippen molar-refractivity contribution in [3.63, 3.8) is 0 Å². The SMILES string of the molecule is Cc1cc(C(=O)NC2CCC(CO)CC2)ccc1Cl. The van der Waals surface area contributed by atoms with Crippen molar-refractivity contribution in [2.24, 2.45) is 5.92 Å². The van der Waals surface area contributed by atoms with E-state index >= 15 is 0 Å². The van der Waals surface area contributed by atoms with Crippen LogP contribution >= 0.6 is 11.6 Å². The summed E-state index contributed by atoms with van der Waals surface area (Å²) < 4.78 is 0. The molecule has 4 heteroatoms. The van der Waals surface area contributed by atoms with Crippen molar-refractivity contribution in [3.8, 4) is 0 Å². The monoisotopic (exact) mass is 281 g/mol. The summed E-state index contributed by atoms with van der Waals surface area (Å²) in [5.74, 6) is 0.373. The van der Waals surface area contributed by atoms with Crippen LogP contribution in [0.2, 0.25) is 5.02 Å². The van der Waals surface area contributed by atoms with Gasteiger partial charge < -0.3 is 10.4 Å². The molecule has 1 fully saturated rings. The molecule has 0 saturated heterocycles. The van der Waals surface area contributed by atoms with Gasteiger partial charge in [0.15, 0.2) is 0 Å². The van der Waals surface area contributed by atoms with Crippen molar-refractivity contribution in [2.45, 2.75) is 38.6 Å². The fourth-order valence-electron chi connectivity index (χ4n) is 2.54. The third-order valence-electron chi connectivity index (χ3n) is 3.86. The summed E-state index contributed by atoms with van der Waals surface area (Å²) in [6, 6.07) is 5.56. The standard InChI is InChI=1S/C15H20ClNO2/c1-10-8-12(4-7-14(10)16)15(19)17-13-5-2-11(9-18)3-6-13/h4,7-8,11,13,18H,2-3,5-6,9H2,1H3,(H,17,19). The van der Waals surface area contributed by atoms with Gasteiger partial charge in [0.25, 0.3) is 5.91 Å². The number of benzene rings is 1. The summed E-state index contributed by atoms with van der Waals surface area (Å²) in [5, 5.41) is 12.8. The van der Waals surface area contributed by atoms with E-state index in [4.69, 9.17) is 16.7 Å². The van der Waals surface area contributed by atoms with Gasteiger partial charge >= 0.3 is 0 Å². The third-order valence-corrected chi connectivity index (χ3v) is 4.28. The molecule has 0 aromatic heterocycles. The Bertz CT molecular complexity index is 453. The minimum atomic E-state index is -0.0350. The second-order valence-corrected chi connectivity index (χ2v) is 5.74. The minimum absolute atomic E-state index is 0.0350. The van der Waals surface area contributed by atoms with Crippen molar-refractivity contribution in [1.29, 1.82) is 0 Å². The van der Waals surface area contributed by atoms with Gasteiger partial charge in [0.2, 0.25) is 0 Å². The van der Waals surface area contributed by atoms with E-state index in [1.807, 2.05) is 13.0 Å². The van der Waals surface area contributed by atoms with Crippen molar-refractivity contribution < 1.29 is 9.90 Å². The van der Waals surface area contributed by atoms with Gasteiger partial charge in [0, 0.05) is 23.2 Å². The Morgan fingerprint density at radius 1 is 1.37 bits per heavy atom. The molecule has 0 aliphatic heterocycles. The van der Waals surface area contributed by atoms with Crippen LogP contribution in [0.1, 0.15) is 41.6 Å². The molecule has 1 aliphatic rings. The topological polar surface area (TPSA) is 49.3 Å². The zero-order valence-corrected chi connectivity index (χ0v) is 11.9. The lowest BCUT2D eigenvalue weighted by Gasteiger charge is -2.28. The van der Waals surface area contributed by atoms with E-state index in [2.05, 4.69) is 5.32 Å². The number of aliphatic hydroxyl groups is 1. The predicted molar refractivity (Wildman–Crippen MR) is 76.5 cm³/mol. The third kappa shape index (κ3) is 3.71. The number of hydrogen-bond donors (Lipinski definition) is 2. The summed E-state index contributed by atoms with van der Waals surface area (Å²) in [4.78, 5) is 12.1. The van der Waals surface area contributed by atoms with E-state index in [1.54, 1.807) is 12.1 Å². The molecule has 19 heavy (non-hydrogen) atoms. The highest BCUT2D eigenvalue weighted by atomic mass is 35.5. The van der Waals surface area contributed by atoms with Gasteiger partial charge in [-0.2, -0.15) is 0 Å². The predicted octanol–water partition coefficient (Wildman–Crippen LogP) is 2.93. The van der Waals surface area contributed by atoms with Gasteiger partial charge in [-0.3, -0.25) is 4.79 Å². The number of aliphatic hydroxyl groups excluding tert-OH is 1. The summed E-state index contributed by atoms with van der Waals surface area (Å²) in [6.45, 7) is 2.16. The van der Waals surface area contributed by atoms with Gasteiger partial charge in [0.1, 0.15) is 0 Å². The summed E-state index contributed by atoms with van der Waals surface area (Å²) in [5.41, 5.74) is 1.57. The molecular weight excluding hydrogens is 262 g/mol. The number of hydrogen-bond acceptors (Lipinski definition) is 2. The maximum atomic E-state index is 12.1. The van der Waals surface area contributed by atoms with Crippen LogP contribution in [0.3, 0.4) is 0 Å². The lowest BCUT2D eigenvalue weighted by Crippen LogP contribution is -2.38. The zero-order valence-electron chi connectivity index (χ0n) is 11.2. The van der Waals surface area contributed by atoms with Crippen molar-refractivity contribution in [1.82, 2.24) is 5.32 Å².